The maximum atomic E-state index is 11.7. The lowest BCUT2D eigenvalue weighted by Crippen LogP contribution is -2.34. The Morgan fingerprint density at radius 1 is 1.60 bits per heavy atom. The molecule has 0 aromatic carbocycles. The Hall–Kier alpha value is -0.400. The van der Waals surface area contributed by atoms with Gasteiger partial charge in [0.05, 0.1) is 12.5 Å². The standard InChI is InChI=1S/C8H14BrN3O2S/c1-6(9)3-7(2)12-15(13,14)8-4-10-5-11-8/h4-7,12H,3H2,1-2H3,(H,10,11). The Morgan fingerprint density at radius 2 is 2.27 bits per heavy atom. The minimum absolute atomic E-state index is 0.0941. The van der Waals surface area contributed by atoms with Crippen molar-refractivity contribution in [2.75, 3.05) is 0 Å². The minimum atomic E-state index is -3.45. The van der Waals surface area contributed by atoms with E-state index < -0.39 is 10.0 Å². The molecule has 1 aromatic rings. The van der Waals surface area contributed by atoms with E-state index in [-0.39, 0.29) is 15.9 Å². The highest BCUT2D eigenvalue weighted by Crippen LogP contribution is 2.10. The van der Waals surface area contributed by atoms with Gasteiger partial charge in [0.1, 0.15) is 0 Å². The zero-order valence-electron chi connectivity index (χ0n) is 8.57. The number of H-pyrrole nitrogens is 1. The van der Waals surface area contributed by atoms with Crippen LogP contribution in [0.2, 0.25) is 0 Å². The lowest BCUT2D eigenvalue weighted by atomic mass is 10.2. The molecule has 0 saturated heterocycles. The molecule has 0 aliphatic heterocycles. The molecule has 1 rings (SSSR count). The summed E-state index contributed by atoms with van der Waals surface area (Å²) in [6, 6.07) is -0.118. The molecule has 2 unspecified atom stereocenters. The van der Waals surface area contributed by atoms with Crippen LogP contribution in [0.4, 0.5) is 0 Å². The van der Waals surface area contributed by atoms with Crippen molar-refractivity contribution in [1.29, 1.82) is 0 Å². The average Bonchev–Trinajstić information content (AvgIpc) is 2.51. The summed E-state index contributed by atoms with van der Waals surface area (Å²) in [7, 11) is -3.45. The molecule has 86 valence electrons. The van der Waals surface area contributed by atoms with Gasteiger partial charge in [-0.05, 0) is 13.3 Å². The first-order valence-electron chi connectivity index (χ1n) is 4.56. The van der Waals surface area contributed by atoms with Crippen LogP contribution >= 0.6 is 15.9 Å². The van der Waals surface area contributed by atoms with Crippen molar-refractivity contribution in [3.05, 3.63) is 12.5 Å². The fourth-order valence-corrected chi connectivity index (χ4v) is 2.97. The van der Waals surface area contributed by atoms with Crippen LogP contribution in [0.15, 0.2) is 17.6 Å². The monoisotopic (exact) mass is 295 g/mol. The van der Waals surface area contributed by atoms with Crippen LogP contribution in [-0.4, -0.2) is 29.3 Å². The summed E-state index contributed by atoms with van der Waals surface area (Å²) in [4.78, 5) is 6.51. The molecular formula is C8H14BrN3O2S. The first-order chi connectivity index (χ1) is 6.92. The van der Waals surface area contributed by atoms with E-state index in [1.54, 1.807) is 0 Å². The smallest absolute Gasteiger partial charge is 0.257 e. The highest BCUT2D eigenvalue weighted by molar-refractivity contribution is 9.09. The van der Waals surface area contributed by atoms with Crippen LogP contribution in [-0.2, 0) is 10.0 Å². The summed E-state index contributed by atoms with van der Waals surface area (Å²) >= 11 is 3.38. The predicted molar refractivity (Wildman–Crippen MR) is 61.4 cm³/mol. The van der Waals surface area contributed by atoms with E-state index >= 15 is 0 Å². The van der Waals surface area contributed by atoms with Gasteiger partial charge in [0.25, 0.3) is 10.0 Å². The van der Waals surface area contributed by atoms with Gasteiger partial charge in [-0.25, -0.2) is 18.1 Å². The van der Waals surface area contributed by atoms with Crippen molar-refractivity contribution < 1.29 is 8.42 Å². The molecule has 1 heterocycles. The predicted octanol–water partition coefficient (Wildman–Crippen LogP) is 1.25. The van der Waals surface area contributed by atoms with Crippen LogP contribution < -0.4 is 4.72 Å². The number of aromatic amines is 1. The van der Waals surface area contributed by atoms with Gasteiger partial charge in [-0.15, -0.1) is 0 Å². The van der Waals surface area contributed by atoms with Gasteiger partial charge in [0.15, 0.2) is 5.03 Å². The Bertz CT molecular complexity index is 388. The first kappa shape index (κ1) is 12.7. The van der Waals surface area contributed by atoms with Crippen molar-refractivity contribution in [2.45, 2.75) is 36.2 Å². The fourth-order valence-electron chi connectivity index (χ4n) is 1.25. The molecule has 0 bridgehead atoms. The number of hydrogen-bond donors (Lipinski definition) is 2. The third-order valence-electron chi connectivity index (χ3n) is 1.80. The molecule has 2 atom stereocenters. The number of alkyl halides is 1. The Morgan fingerprint density at radius 3 is 2.73 bits per heavy atom. The number of aromatic nitrogens is 2. The highest BCUT2D eigenvalue weighted by atomic mass is 79.9. The summed E-state index contributed by atoms with van der Waals surface area (Å²) in [5.74, 6) is 0. The van der Waals surface area contributed by atoms with Crippen molar-refractivity contribution in [3.8, 4) is 0 Å². The van der Waals surface area contributed by atoms with Crippen molar-refractivity contribution in [3.63, 3.8) is 0 Å². The van der Waals surface area contributed by atoms with E-state index in [9.17, 15) is 8.42 Å². The first-order valence-corrected chi connectivity index (χ1v) is 6.96. The number of nitrogens with zero attached hydrogens (tertiary/aromatic N) is 1. The van der Waals surface area contributed by atoms with Crippen LogP contribution in [0.3, 0.4) is 0 Å². The molecule has 7 heteroatoms. The lowest BCUT2D eigenvalue weighted by molar-refractivity contribution is 0.545. The van der Waals surface area contributed by atoms with E-state index in [1.165, 1.54) is 12.5 Å². The fraction of sp³-hybridized carbons (Fsp3) is 0.625. The molecule has 5 nitrogen and oxygen atoms in total. The van der Waals surface area contributed by atoms with Gasteiger partial charge in [-0.2, -0.15) is 0 Å². The van der Waals surface area contributed by atoms with E-state index in [0.29, 0.717) is 0 Å². The molecule has 2 N–H and O–H groups in total. The number of imidazole rings is 1. The Balaban J connectivity index is 2.66. The molecule has 15 heavy (non-hydrogen) atoms. The topological polar surface area (TPSA) is 74.8 Å². The summed E-state index contributed by atoms with van der Waals surface area (Å²) in [5.41, 5.74) is 0. The highest BCUT2D eigenvalue weighted by Gasteiger charge is 2.19. The molecule has 0 aliphatic rings. The van der Waals surface area contributed by atoms with Gasteiger partial charge in [0, 0.05) is 10.9 Å². The van der Waals surface area contributed by atoms with Crippen LogP contribution in [0.25, 0.3) is 0 Å². The number of rotatable bonds is 5. The van der Waals surface area contributed by atoms with Gasteiger partial charge in [-0.1, -0.05) is 22.9 Å². The van der Waals surface area contributed by atoms with Gasteiger partial charge < -0.3 is 4.98 Å². The third-order valence-corrected chi connectivity index (χ3v) is 3.69. The van der Waals surface area contributed by atoms with E-state index in [1.807, 2.05) is 13.8 Å². The van der Waals surface area contributed by atoms with Gasteiger partial charge >= 0.3 is 0 Å². The largest absolute Gasteiger partial charge is 0.335 e. The van der Waals surface area contributed by atoms with E-state index in [4.69, 9.17) is 0 Å². The van der Waals surface area contributed by atoms with Gasteiger partial charge in [0.2, 0.25) is 0 Å². The van der Waals surface area contributed by atoms with Crippen molar-refractivity contribution in [2.24, 2.45) is 0 Å². The maximum Gasteiger partial charge on any atom is 0.257 e. The maximum absolute atomic E-state index is 11.7. The Kier molecular flexibility index (Phi) is 4.30. The summed E-state index contributed by atoms with van der Waals surface area (Å²) < 4.78 is 25.9. The second-order valence-corrected chi connectivity index (χ2v) is 6.70. The second-order valence-electron chi connectivity index (χ2n) is 3.45. The van der Waals surface area contributed by atoms with E-state index in [0.717, 1.165) is 6.42 Å². The normalized spacial score (nSPS) is 16.2. The molecule has 0 amide bonds. The SMILES string of the molecule is CC(Br)CC(C)NS(=O)(=O)c1cnc[nH]1. The summed E-state index contributed by atoms with van der Waals surface area (Å²) in [6.07, 6.45) is 3.35. The van der Waals surface area contributed by atoms with Crippen LogP contribution in [0.5, 0.6) is 0 Å². The molecular weight excluding hydrogens is 282 g/mol. The molecule has 0 saturated carbocycles. The zero-order chi connectivity index (χ0) is 11.5. The number of nitrogens with one attached hydrogen (secondary N) is 2. The number of sulfonamides is 1. The number of halogens is 1. The summed E-state index contributed by atoms with van der Waals surface area (Å²) in [6.45, 7) is 3.80. The quantitative estimate of drug-likeness (QED) is 0.803. The zero-order valence-corrected chi connectivity index (χ0v) is 11.0. The molecule has 0 radical (unpaired) electrons. The van der Waals surface area contributed by atoms with Gasteiger partial charge in [-0.3, -0.25) is 0 Å². The molecule has 0 fully saturated rings. The average molecular weight is 296 g/mol. The molecule has 0 aliphatic carbocycles. The minimum Gasteiger partial charge on any atom is -0.335 e. The van der Waals surface area contributed by atoms with E-state index in [2.05, 4.69) is 30.6 Å². The molecule has 1 aromatic heterocycles. The van der Waals surface area contributed by atoms with Crippen molar-refractivity contribution >= 4 is 26.0 Å². The Labute approximate surface area is 97.9 Å². The lowest BCUT2D eigenvalue weighted by Gasteiger charge is -2.14. The second kappa shape index (κ2) is 5.09. The summed E-state index contributed by atoms with van der Waals surface area (Å²) in [5, 5.41) is 0.0941. The van der Waals surface area contributed by atoms with Crippen LogP contribution in [0, 0.1) is 0 Å². The third kappa shape index (κ3) is 3.92. The van der Waals surface area contributed by atoms with Crippen LogP contribution in [0.1, 0.15) is 20.3 Å². The molecule has 0 spiro atoms. The van der Waals surface area contributed by atoms with Crippen molar-refractivity contribution in [1.82, 2.24) is 14.7 Å². The number of hydrogen-bond acceptors (Lipinski definition) is 3.